The van der Waals surface area contributed by atoms with Crippen molar-refractivity contribution in [3.05, 3.63) is 40.4 Å². The van der Waals surface area contributed by atoms with Gasteiger partial charge in [-0.05, 0) is 25.0 Å². The Bertz CT molecular complexity index is 771. The third-order valence-corrected chi connectivity index (χ3v) is 6.63. The van der Waals surface area contributed by atoms with E-state index in [1.165, 1.54) is 18.9 Å². The lowest BCUT2D eigenvalue weighted by Crippen LogP contribution is -2.26. The fourth-order valence-corrected chi connectivity index (χ4v) is 4.98. The Balaban J connectivity index is 1.58. The van der Waals surface area contributed by atoms with Crippen LogP contribution in [0.1, 0.15) is 18.5 Å². The topological polar surface area (TPSA) is 62.3 Å². The van der Waals surface area contributed by atoms with Gasteiger partial charge in [0.2, 0.25) is 10.0 Å². The molecule has 0 bridgehead atoms. The van der Waals surface area contributed by atoms with E-state index in [2.05, 4.69) is 14.6 Å². The smallest absolute Gasteiger partial charge is 0.242 e. The van der Waals surface area contributed by atoms with Crippen LogP contribution in [0.4, 0.5) is 5.13 Å². The van der Waals surface area contributed by atoms with Gasteiger partial charge < -0.3 is 4.90 Å². The maximum atomic E-state index is 12.2. The highest BCUT2D eigenvalue weighted by Gasteiger charge is 2.18. The van der Waals surface area contributed by atoms with Crippen molar-refractivity contribution in [1.29, 1.82) is 0 Å². The highest BCUT2D eigenvalue weighted by atomic mass is 35.5. The van der Waals surface area contributed by atoms with Crippen molar-refractivity contribution in [1.82, 2.24) is 9.71 Å². The predicted octanol–water partition coefficient (Wildman–Crippen LogP) is 2.92. The fraction of sp³-hybridized carbons (Fsp3) is 0.400. The number of aromatic nitrogens is 1. The van der Waals surface area contributed by atoms with E-state index in [4.69, 9.17) is 11.6 Å². The largest absolute Gasteiger partial charge is 0.348 e. The molecule has 0 amide bonds. The first-order valence-electron chi connectivity index (χ1n) is 7.50. The second kappa shape index (κ2) is 7.17. The molecule has 0 radical (unpaired) electrons. The van der Waals surface area contributed by atoms with Crippen LogP contribution >= 0.6 is 22.9 Å². The van der Waals surface area contributed by atoms with Crippen LogP contribution < -0.4 is 9.62 Å². The van der Waals surface area contributed by atoms with Crippen molar-refractivity contribution in [2.45, 2.75) is 24.2 Å². The Labute approximate surface area is 145 Å². The van der Waals surface area contributed by atoms with Gasteiger partial charge in [0, 0.05) is 31.4 Å². The lowest BCUT2D eigenvalue weighted by molar-refractivity contribution is 0.581. The summed E-state index contributed by atoms with van der Waals surface area (Å²) in [5, 5.41) is 3.26. The summed E-state index contributed by atoms with van der Waals surface area (Å²) in [6, 6.07) is 6.43. The number of nitrogens with zero attached hydrogens (tertiary/aromatic N) is 2. The van der Waals surface area contributed by atoms with Crippen LogP contribution in [0.15, 0.2) is 34.5 Å². The van der Waals surface area contributed by atoms with Crippen molar-refractivity contribution in [2.75, 3.05) is 24.5 Å². The van der Waals surface area contributed by atoms with E-state index in [-0.39, 0.29) is 9.92 Å². The van der Waals surface area contributed by atoms with Crippen LogP contribution in [0.25, 0.3) is 0 Å². The minimum atomic E-state index is -3.59. The molecule has 0 atom stereocenters. The number of anilines is 1. The molecule has 2 aromatic rings. The van der Waals surface area contributed by atoms with E-state index in [9.17, 15) is 8.42 Å². The third kappa shape index (κ3) is 4.03. The first-order valence-corrected chi connectivity index (χ1v) is 10.2. The zero-order valence-corrected chi connectivity index (χ0v) is 14.9. The average molecular weight is 372 g/mol. The number of halogens is 1. The zero-order chi connectivity index (χ0) is 16.3. The van der Waals surface area contributed by atoms with Crippen molar-refractivity contribution in [3.8, 4) is 0 Å². The summed E-state index contributed by atoms with van der Waals surface area (Å²) in [5.74, 6) is 0. The second-order valence-corrected chi connectivity index (χ2v) is 8.37. The summed E-state index contributed by atoms with van der Waals surface area (Å²) in [6.45, 7) is 2.43. The van der Waals surface area contributed by atoms with Crippen LogP contribution in [-0.4, -0.2) is 33.0 Å². The molecular formula is C15H18ClN3O2S2. The lowest BCUT2D eigenvalue weighted by Gasteiger charge is -2.12. The molecule has 0 spiro atoms. The zero-order valence-electron chi connectivity index (χ0n) is 12.5. The van der Waals surface area contributed by atoms with E-state index >= 15 is 0 Å². The van der Waals surface area contributed by atoms with Crippen molar-refractivity contribution in [3.63, 3.8) is 0 Å². The SMILES string of the molecule is O=S(=O)(NCCc1csc(N2CCCC2)n1)c1ccccc1Cl. The Kier molecular flexibility index (Phi) is 5.21. The Morgan fingerprint density at radius 3 is 2.74 bits per heavy atom. The summed E-state index contributed by atoms with van der Waals surface area (Å²) in [7, 11) is -3.59. The summed E-state index contributed by atoms with van der Waals surface area (Å²) >= 11 is 7.57. The molecule has 0 unspecified atom stereocenters. The standard InChI is InChI=1S/C15H18ClN3O2S2/c16-13-5-1-2-6-14(13)23(20,21)17-8-7-12-11-22-15(18-12)19-9-3-4-10-19/h1-2,5-6,11,17H,3-4,7-10H2. The summed E-state index contributed by atoms with van der Waals surface area (Å²) in [4.78, 5) is 6.97. The predicted molar refractivity (Wildman–Crippen MR) is 93.9 cm³/mol. The molecule has 23 heavy (non-hydrogen) atoms. The van der Waals surface area contributed by atoms with E-state index in [0.29, 0.717) is 13.0 Å². The molecule has 5 nitrogen and oxygen atoms in total. The molecule has 1 aromatic carbocycles. The van der Waals surface area contributed by atoms with Crippen molar-refractivity contribution < 1.29 is 8.42 Å². The minimum absolute atomic E-state index is 0.109. The Morgan fingerprint density at radius 1 is 1.26 bits per heavy atom. The monoisotopic (exact) mass is 371 g/mol. The van der Waals surface area contributed by atoms with Crippen LogP contribution in [-0.2, 0) is 16.4 Å². The molecule has 0 saturated carbocycles. The molecule has 2 heterocycles. The molecule has 0 aliphatic carbocycles. The molecule has 1 aliphatic rings. The average Bonchev–Trinajstić information content (AvgIpc) is 3.18. The van der Waals surface area contributed by atoms with Crippen LogP contribution in [0.3, 0.4) is 0 Å². The maximum absolute atomic E-state index is 12.2. The maximum Gasteiger partial charge on any atom is 0.242 e. The molecule has 1 saturated heterocycles. The molecular weight excluding hydrogens is 354 g/mol. The van der Waals surface area contributed by atoms with Gasteiger partial charge in [-0.2, -0.15) is 0 Å². The second-order valence-electron chi connectivity index (χ2n) is 5.39. The number of hydrogen-bond donors (Lipinski definition) is 1. The van der Waals surface area contributed by atoms with Crippen molar-refractivity contribution in [2.24, 2.45) is 0 Å². The van der Waals surface area contributed by atoms with Gasteiger partial charge in [0.05, 0.1) is 10.7 Å². The van der Waals surface area contributed by atoms with Gasteiger partial charge in [0.15, 0.2) is 5.13 Å². The van der Waals surface area contributed by atoms with E-state index in [1.54, 1.807) is 29.5 Å². The first kappa shape index (κ1) is 16.7. The van der Waals surface area contributed by atoms with E-state index < -0.39 is 10.0 Å². The Morgan fingerprint density at radius 2 is 2.00 bits per heavy atom. The molecule has 3 rings (SSSR count). The van der Waals surface area contributed by atoms with Gasteiger partial charge >= 0.3 is 0 Å². The molecule has 1 aliphatic heterocycles. The van der Waals surface area contributed by atoms with E-state index in [1.807, 2.05) is 5.38 Å². The molecule has 1 aromatic heterocycles. The number of benzene rings is 1. The van der Waals surface area contributed by atoms with Gasteiger partial charge in [0.1, 0.15) is 4.90 Å². The van der Waals surface area contributed by atoms with Gasteiger partial charge in [-0.25, -0.2) is 18.1 Å². The highest BCUT2D eigenvalue weighted by Crippen LogP contribution is 2.24. The summed E-state index contributed by atoms with van der Waals surface area (Å²) in [5.41, 5.74) is 0.916. The van der Waals surface area contributed by atoms with Gasteiger partial charge in [-0.15, -0.1) is 11.3 Å². The summed E-state index contributed by atoms with van der Waals surface area (Å²) in [6.07, 6.45) is 2.99. The van der Waals surface area contributed by atoms with Gasteiger partial charge in [-0.1, -0.05) is 23.7 Å². The van der Waals surface area contributed by atoms with E-state index in [0.717, 1.165) is 23.9 Å². The van der Waals surface area contributed by atoms with Crippen LogP contribution in [0.5, 0.6) is 0 Å². The molecule has 1 fully saturated rings. The minimum Gasteiger partial charge on any atom is -0.348 e. The Hall–Kier alpha value is -1.15. The van der Waals surface area contributed by atoms with Gasteiger partial charge in [-0.3, -0.25) is 0 Å². The fourth-order valence-electron chi connectivity index (χ4n) is 2.52. The number of hydrogen-bond acceptors (Lipinski definition) is 5. The molecule has 124 valence electrons. The number of rotatable bonds is 6. The van der Waals surface area contributed by atoms with Crippen LogP contribution in [0.2, 0.25) is 5.02 Å². The van der Waals surface area contributed by atoms with Gasteiger partial charge in [0.25, 0.3) is 0 Å². The number of thiazole rings is 1. The first-order chi connectivity index (χ1) is 11.1. The quantitative estimate of drug-likeness (QED) is 0.848. The lowest BCUT2D eigenvalue weighted by atomic mass is 10.3. The normalized spacial score (nSPS) is 15.3. The molecule has 8 heteroatoms. The van der Waals surface area contributed by atoms with Crippen molar-refractivity contribution >= 4 is 38.1 Å². The highest BCUT2D eigenvalue weighted by molar-refractivity contribution is 7.89. The number of nitrogens with one attached hydrogen (secondary N) is 1. The summed E-state index contributed by atoms with van der Waals surface area (Å²) < 4.78 is 27.1. The third-order valence-electron chi connectivity index (χ3n) is 3.72. The van der Waals surface area contributed by atoms with Crippen LogP contribution in [0, 0.1) is 0 Å². The molecule has 1 N–H and O–H groups in total. The number of sulfonamides is 1.